The average molecular weight is 638 g/mol. The van der Waals surface area contributed by atoms with Crippen LogP contribution in [0.15, 0.2) is 71.2 Å². The number of carbonyl (C=O) groups excluding carboxylic acids is 2. The number of benzene rings is 3. The molecule has 3 heterocycles. The Hall–Kier alpha value is -3.02. The van der Waals surface area contributed by atoms with Crippen molar-refractivity contribution in [2.45, 2.75) is 50.2 Å². The number of nitrogens with zero attached hydrogens (tertiary/aromatic N) is 2. The maximum atomic E-state index is 14.5. The largest absolute Gasteiger partial charge is 0.482 e. The first-order chi connectivity index (χ1) is 19.6. The lowest BCUT2D eigenvalue weighted by molar-refractivity contribution is -0.146. The minimum atomic E-state index is -2.77. The van der Waals surface area contributed by atoms with E-state index in [1.807, 2.05) is 86.7 Å². The summed E-state index contributed by atoms with van der Waals surface area (Å²) in [4.78, 5) is 42.1. The fraction of sp³-hybridized carbons (Fsp3) is 0.355. The van der Waals surface area contributed by atoms with Gasteiger partial charge < -0.3 is 24.3 Å². The Bertz CT molecular complexity index is 1530. The molecule has 8 nitrogen and oxygen atoms in total. The fourth-order valence-electron chi connectivity index (χ4n) is 6.97. The number of halogens is 1. The first-order valence-corrected chi connectivity index (χ1v) is 17.6. The highest BCUT2D eigenvalue weighted by atomic mass is 79.9. The van der Waals surface area contributed by atoms with Crippen LogP contribution in [0.2, 0.25) is 18.6 Å². The number of hydrogen-bond acceptors (Lipinski definition) is 6. The Balaban J connectivity index is 1.39. The lowest BCUT2D eigenvalue weighted by atomic mass is 9.82. The lowest BCUT2D eigenvalue weighted by Gasteiger charge is -2.32. The van der Waals surface area contributed by atoms with Crippen LogP contribution in [0.4, 0.5) is 17.1 Å². The molecule has 3 aromatic carbocycles. The van der Waals surface area contributed by atoms with Gasteiger partial charge in [0.15, 0.2) is 20.5 Å². The third-order valence-corrected chi connectivity index (χ3v) is 11.6. The normalized spacial score (nSPS) is 25.5. The second kappa shape index (κ2) is 10.4. The van der Waals surface area contributed by atoms with E-state index in [1.54, 1.807) is 9.80 Å². The molecule has 2 N–H and O–H groups in total. The average Bonchev–Trinajstić information content (AvgIpc) is 3.35. The molecule has 3 aliphatic heterocycles. The number of hydrogen-bond donors (Lipinski definition) is 2. The Morgan fingerprint density at radius 1 is 1.05 bits per heavy atom. The van der Waals surface area contributed by atoms with Gasteiger partial charge in [-0.15, -0.1) is 0 Å². The second-order valence-corrected chi connectivity index (χ2v) is 16.5. The van der Waals surface area contributed by atoms with Gasteiger partial charge in [-0.25, -0.2) is 0 Å². The van der Waals surface area contributed by atoms with Gasteiger partial charge in [0.25, 0.3) is 11.8 Å². The molecule has 6 rings (SSSR count). The van der Waals surface area contributed by atoms with Gasteiger partial charge in [0.05, 0.1) is 24.0 Å². The second-order valence-electron chi connectivity index (χ2n) is 11.6. The van der Waals surface area contributed by atoms with Gasteiger partial charge in [-0.1, -0.05) is 47.1 Å². The molecule has 2 amide bonds. The van der Waals surface area contributed by atoms with Crippen molar-refractivity contribution < 1.29 is 29.0 Å². The van der Waals surface area contributed by atoms with Gasteiger partial charge in [-0.3, -0.25) is 14.5 Å². The maximum absolute atomic E-state index is 14.5. The van der Waals surface area contributed by atoms with Crippen molar-refractivity contribution in [2.75, 3.05) is 23.0 Å². The van der Waals surface area contributed by atoms with Crippen LogP contribution < -0.4 is 14.5 Å². The summed E-state index contributed by atoms with van der Waals surface area (Å²) >= 11 is 3.58. The standard InChI is InChI=1S/C31H33BrN2O6Si/c1-19-29(41(2,3)38)27(13-14-35)40-31(19)23-16-21(32)11-12-24(23)33(30(31)37)17-20-7-6-8-22(15-20)34-25-9-4-5-10-26(25)39-18-28(34)36/h4-12,15-16,19,27,29,35,38H,13-14,17-18H2,1-3H3/t19-,27+,29-,31+/m1/s1. The predicted octanol–water partition coefficient (Wildman–Crippen LogP) is 5.23. The minimum absolute atomic E-state index is 0.0491. The zero-order chi connectivity index (χ0) is 29.1. The summed E-state index contributed by atoms with van der Waals surface area (Å²) in [5.74, 6) is -0.00868. The monoisotopic (exact) mass is 636 g/mol. The molecule has 214 valence electrons. The molecule has 1 fully saturated rings. The minimum Gasteiger partial charge on any atom is -0.482 e. The van der Waals surface area contributed by atoms with Gasteiger partial charge >= 0.3 is 0 Å². The molecule has 3 aromatic rings. The van der Waals surface area contributed by atoms with E-state index in [9.17, 15) is 19.5 Å². The van der Waals surface area contributed by atoms with Crippen LogP contribution in [0, 0.1) is 5.92 Å². The van der Waals surface area contributed by atoms with Gasteiger partial charge in [0.2, 0.25) is 0 Å². The van der Waals surface area contributed by atoms with Gasteiger partial charge in [0, 0.05) is 33.8 Å². The summed E-state index contributed by atoms with van der Waals surface area (Å²) in [6, 6.07) is 20.8. The zero-order valence-corrected chi connectivity index (χ0v) is 25.8. The quantitative estimate of drug-likeness (QED) is 0.359. The number of carbonyl (C=O) groups is 2. The van der Waals surface area contributed by atoms with Crippen LogP contribution in [-0.4, -0.2) is 49.4 Å². The van der Waals surface area contributed by atoms with E-state index < -0.39 is 20.0 Å². The summed E-state index contributed by atoms with van der Waals surface area (Å²) in [5.41, 5.74) is 2.24. The van der Waals surface area contributed by atoms with Crippen molar-refractivity contribution in [1.82, 2.24) is 0 Å². The smallest absolute Gasteiger partial charge is 0.269 e. The zero-order valence-electron chi connectivity index (χ0n) is 23.2. The van der Waals surface area contributed by atoms with E-state index in [4.69, 9.17) is 9.47 Å². The Morgan fingerprint density at radius 3 is 2.59 bits per heavy atom. The van der Waals surface area contributed by atoms with E-state index in [0.717, 1.165) is 21.3 Å². The molecule has 1 spiro atoms. The van der Waals surface area contributed by atoms with E-state index in [-0.39, 0.29) is 43.0 Å². The number of aliphatic hydroxyl groups is 1. The fourth-order valence-corrected chi connectivity index (χ4v) is 9.93. The molecule has 0 bridgehead atoms. The van der Waals surface area contributed by atoms with Crippen LogP contribution in [-0.2, 0) is 26.5 Å². The third-order valence-electron chi connectivity index (χ3n) is 8.58. The van der Waals surface area contributed by atoms with Crippen molar-refractivity contribution in [3.05, 3.63) is 82.3 Å². The molecule has 0 aromatic heterocycles. The Morgan fingerprint density at radius 2 is 1.83 bits per heavy atom. The van der Waals surface area contributed by atoms with Gasteiger partial charge in [0.1, 0.15) is 5.75 Å². The summed E-state index contributed by atoms with van der Waals surface area (Å²) < 4.78 is 13.1. The highest BCUT2D eigenvalue weighted by molar-refractivity contribution is 9.10. The van der Waals surface area contributed by atoms with Crippen molar-refractivity contribution in [1.29, 1.82) is 0 Å². The number of para-hydroxylation sites is 2. The summed E-state index contributed by atoms with van der Waals surface area (Å²) in [6.45, 7) is 5.86. The van der Waals surface area contributed by atoms with E-state index in [0.29, 0.717) is 23.5 Å². The molecule has 0 aliphatic carbocycles. The molecule has 41 heavy (non-hydrogen) atoms. The van der Waals surface area contributed by atoms with Crippen LogP contribution in [0.5, 0.6) is 5.75 Å². The molecule has 0 radical (unpaired) electrons. The molecular weight excluding hydrogens is 604 g/mol. The molecule has 10 heteroatoms. The third kappa shape index (κ3) is 4.53. The predicted molar refractivity (Wildman–Crippen MR) is 162 cm³/mol. The highest BCUT2D eigenvalue weighted by Gasteiger charge is 2.66. The van der Waals surface area contributed by atoms with Crippen LogP contribution in [0.1, 0.15) is 24.5 Å². The molecule has 0 saturated carbocycles. The number of rotatable bonds is 6. The van der Waals surface area contributed by atoms with Crippen molar-refractivity contribution >= 4 is 53.1 Å². The highest BCUT2D eigenvalue weighted by Crippen LogP contribution is 2.60. The molecule has 0 unspecified atom stereocenters. The van der Waals surface area contributed by atoms with Crippen LogP contribution in [0.3, 0.4) is 0 Å². The van der Waals surface area contributed by atoms with Crippen LogP contribution in [0.25, 0.3) is 0 Å². The number of ether oxygens (including phenoxy) is 2. The lowest BCUT2D eigenvalue weighted by Crippen LogP contribution is -2.46. The number of fused-ring (bicyclic) bond motifs is 3. The number of aliphatic hydroxyl groups excluding tert-OH is 1. The molecule has 1 saturated heterocycles. The van der Waals surface area contributed by atoms with E-state index >= 15 is 0 Å². The van der Waals surface area contributed by atoms with E-state index in [2.05, 4.69) is 15.9 Å². The number of amides is 2. The number of anilines is 3. The Labute approximate surface area is 248 Å². The SMILES string of the molecule is C[C@@H]1[C@@H]([Si](C)(C)O)[C@H](CCO)O[C@@]12C(=O)N(Cc1cccc(N3C(=O)COc4ccccc43)c1)c1ccc(Br)cc12. The summed E-state index contributed by atoms with van der Waals surface area (Å²) in [7, 11) is -2.77. The molecule has 4 atom stereocenters. The molecular formula is C31H33BrN2O6Si. The molecule has 3 aliphatic rings. The topological polar surface area (TPSA) is 99.5 Å². The Kier molecular flexibility index (Phi) is 7.10. The summed E-state index contributed by atoms with van der Waals surface area (Å²) in [5, 5.41) is 9.81. The first-order valence-electron chi connectivity index (χ1n) is 13.8. The van der Waals surface area contributed by atoms with Crippen molar-refractivity contribution in [3.63, 3.8) is 0 Å². The maximum Gasteiger partial charge on any atom is 0.269 e. The first kappa shape index (κ1) is 28.1. The van der Waals surface area contributed by atoms with Crippen molar-refractivity contribution in [3.8, 4) is 5.75 Å². The van der Waals surface area contributed by atoms with Crippen LogP contribution >= 0.6 is 15.9 Å². The van der Waals surface area contributed by atoms with E-state index in [1.165, 1.54) is 0 Å². The van der Waals surface area contributed by atoms with Gasteiger partial charge in [-0.2, -0.15) is 0 Å². The van der Waals surface area contributed by atoms with Crippen molar-refractivity contribution in [2.24, 2.45) is 5.92 Å². The van der Waals surface area contributed by atoms with Gasteiger partial charge in [-0.05, 0) is 67.5 Å². The summed E-state index contributed by atoms with van der Waals surface area (Å²) in [6.07, 6.45) is -0.0882.